The van der Waals surface area contributed by atoms with Crippen molar-refractivity contribution >= 4 is 15.9 Å². The highest BCUT2D eigenvalue weighted by Gasteiger charge is 2.34. The summed E-state index contributed by atoms with van der Waals surface area (Å²) in [6.45, 7) is 1.60. The lowest BCUT2D eigenvalue weighted by Crippen LogP contribution is -2.51. The first-order valence-electron chi connectivity index (χ1n) is 8.99. The van der Waals surface area contributed by atoms with Crippen molar-refractivity contribution in [1.29, 1.82) is 0 Å². The summed E-state index contributed by atoms with van der Waals surface area (Å²) in [7, 11) is -4.13. The summed E-state index contributed by atoms with van der Waals surface area (Å²) in [6.07, 6.45) is 1.51. The minimum Gasteiger partial charge on any atom is -0.463 e. The topological polar surface area (TPSA) is 165 Å². The molecule has 1 aliphatic rings. The van der Waals surface area contributed by atoms with E-state index in [0.29, 0.717) is 11.5 Å². The second kappa shape index (κ2) is 7.42. The van der Waals surface area contributed by atoms with Crippen LogP contribution in [0.3, 0.4) is 0 Å². The first kappa shape index (κ1) is 19.8. The van der Waals surface area contributed by atoms with Gasteiger partial charge in [-0.2, -0.15) is 9.40 Å². The Balaban J connectivity index is 1.48. The molecule has 30 heavy (non-hydrogen) atoms. The lowest BCUT2D eigenvalue weighted by atomic mass is 10.2. The van der Waals surface area contributed by atoms with Crippen molar-refractivity contribution in [3.05, 3.63) is 56.7 Å². The number of H-pyrrole nitrogens is 3. The SMILES string of the molecule is Cc1[nH]c(=O)[nH]c(=O)c1S(=O)(=O)N1CCN(C(=O)c2cc(-c3ccco3)[nH]n2)CC1. The van der Waals surface area contributed by atoms with Crippen molar-refractivity contribution in [3.8, 4) is 11.5 Å². The number of aryl methyl sites for hydroxylation is 1. The lowest BCUT2D eigenvalue weighted by Gasteiger charge is -2.33. The van der Waals surface area contributed by atoms with E-state index < -0.39 is 26.2 Å². The van der Waals surface area contributed by atoms with Gasteiger partial charge in [0.1, 0.15) is 5.69 Å². The average Bonchev–Trinajstić information content (AvgIpc) is 3.38. The van der Waals surface area contributed by atoms with Crippen molar-refractivity contribution < 1.29 is 17.6 Å². The molecule has 1 aliphatic heterocycles. The quantitative estimate of drug-likeness (QED) is 0.498. The van der Waals surface area contributed by atoms with Crippen molar-refractivity contribution in [2.45, 2.75) is 11.8 Å². The number of nitrogens with zero attached hydrogens (tertiary/aromatic N) is 3. The standard InChI is InChI=1S/C17H18N6O6S/c1-10-14(15(24)19-17(26)18-10)30(27,28)23-6-4-22(5-7-23)16(25)12-9-11(20-21-12)13-3-2-8-29-13/h2-3,8-9H,4-7H2,1H3,(H,20,21)(H2,18,19,24,26). The molecule has 0 bridgehead atoms. The maximum atomic E-state index is 12.9. The summed E-state index contributed by atoms with van der Waals surface area (Å²) in [5.41, 5.74) is -1.05. The van der Waals surface area contributed by atoms with Gasteiger partial charge in [-0.3, -0.25) is 19.7 Å². The molecular weight excluding hydrogens is 416 g/mol. The van der Waals surface area contributed by atoms with Gasteiger partial charge in [0.05, 0.1) is 6.26 Å². The first-order valence-corrected chi connectivity index (χ1v) is 10.4. The van der Waals surface area contributed by atoms with E-state index in [9.17, 15) is 22.8 Å². The van der Waals surface area contributed by atoms with Crippen LogP contribution in [0, 0.1) is 6.92 Å². The Morgan fingerprint density at radius 2 is 1.90 bits per heavy atom. The van der Waals surface area contributed by atoms with E-state index in [0.717, 1.165) is 4.31 Å². The van der Waals surface area contributed by atoms with E-state index in [1.165, 1.54) is 18.1 Å². The third kappa shape index (κ3) is 3.48. The van der Waals surface area contributed by atoms with E-state index >= 15 is 0 Å². The summed E-state index contributed by atoms with van der Waals surface area (Å²) >= 11 is 0. The van der Waals surface area contributed by atoms with Gasteiger partial charge < -0.3 is 14.3 Å². The number of hydrogen-bond acceptors (Lipinski definition) is 7. The van der Waals surface area contributed by atoms with E-state index in [1.807, 2.05) is 4.98 Å². The highest BCUT2D eigenvalue weighted by atomic mass is 32.2. The Morgan fingerprint density at radius 3 is 2.53 bits per heavy atom. The van der Waals surface area contributed by atoms with Gasteiger partial charge in [-0.1, -0.05) is 0 Å². The van der Waals surface area contributed by atoms with Crippen molar-refractivity contribution in [2.24, 2.45) is 0 Å². The Hall–Kier alpha value is -3.45. The lowest BCUT2D eigenvalue weighted by molar-refractivity contribution is 0.0692. The largest absolute Gasteiger partial charge is 0.463 e. The summed E-state index contributed by atoms with van der Waals surface area (Å²) < 4.78 is 32.1. The Labute approximate surface area is 169 Å². The molecule has 0 aromatic carbocycles. The van der Waals surface area contributed by atoms with E-state index in [-0.39, 0.29) is 43.5 Å². The number of furan rings is 1. The van der Waals surface area contributed by atoms with Crippen LogP contribution >= 0.6 is 0 Å². The zero-order chi connectivity index (χ0) is 21.5. The van der Waals surface area contributed by atoms with Crippen LogP contribution in [0.25, 0.3) is 11.5 Å². The molecule has 3 aromatic heterocycles. The molecule has 1 amide bonds. The van der Waals surface area contributed by atoms with Gasteiger partial charge in [0.25, 0.3) is 11.5 Å². The second-order valence-electron chi connectivity index (χ2n) is 6.70. The van der Waals surface area contributed by atoms with Crippen LogP contribution in [0.4, 0.5) is 0 Å². The monoisotopic (exact) mass is 434 g/mol. The normalized spacial score (nSPS) is 15.4. The molecule has 1 saturated heterocycles. The highest BCUT2D eigenvalue weighted by Crippen LogP contribution is 2.20. The van der Waals surface area contributed by atoms with Gasteiger partial charge in [-0.15, -0.1) is 0 Å². The molecule has 4 heterocycles. The summed E-state index contributed by atoms with van der Waals surface area (Å²) in [5.74, 6) is 0.193. The number of rotatable bonds is 4. The fraction of sp³-hybridized carbons (Fsp3) is 0.294. The number of carbonyl (C=O) groups excluding carboxylic acids is 1. The number of aromatic amines is 3. The summed E-state index contributed by atoms with van der Waals surface area (Å²) in [4.78, 5) is 41.3. The number of carbonyl (C=O) groups is 1. The molecule has 0 atom stereocenters. The fourth-order valence-electron chi connectivity index (χ4n) is 3.31. The minimum atomic E-state index is -4.13. The van der Waals surface area contributed by atoms with Gasteiger partial charge in [0.15, 0.2) is 16.3 Å². The number of aromatic nitrogens is 4. The van der Waals surface area contributed by atoms with Gasteiger partial charge in [-0.05, 0) is 19.1 Å². The smallest absolute Gasteiger partial charge is 0.325 e. The van der Waals surface area contributed by atoms with Crippen LogP contribution in [0.15, 0.2) is 43.4 Å². The molecule has 0 unspecified atom stereocenters. The van der Waals surface area contributed by atoms with Crippen LogP contribution in [0.2, 0.25) is 0 Å². The number of piperazine rings is 1. The summed E-state index contributed by atoms with van der Waals surface area (Å²) in [6, 6.07) is 5.01. The Morgan fingerprint density at radius 1 is 1.17 bits per heavy atom. The number of sulfonamides is 1. The fourth-order valence-corrected chi connectivity index (χ4v) is 4.94. The van der Waals surface area contributed by atoms with E-state index in [2.05, 4.69) is 15.2 Å². The predicted octanol–water partition coefficient (Wildman–Crippen LogP) is -0.499. The first-order chi connectivity index (χ1) is 14.3. The molecule has 0 radical (unpaired) electrons. The molecule has 3 aromatic rings. The third-order valence-electron chi connectivity index (χ3n) is 4.78. The van der Waals surface area contributed by atoms with Gasteiger partial charge in [0, 0.05) is 37.9 Å². The van der Waals surface area contributed by atoms with E-state index in [4.69, 9.17) is 4.42 Å². The van der Waals surface area contributed by atoms with Crippen LogP contribution in [-0.2, 0) is 10.0 Å². The summed E-state index contributed by atoms with van der Waals surface area (Å²) in [5, 5.41) is 6.74. The molecule has 0 aliphatic carbocycles. The molecule has 12 nitrogen and oxygen atoms in total. The maximum Gasteiger partial charge on any atom is 0.325 e. The Kier molecular flexibility index (Phi) is 4.91. The Bertz CT molecular complexity index is 1290. The minimum absolute atomic E-state index is 0.00153. The zero-order valence-electron chi connectivity index (χ0n) is 15.8. The number of nitrogens with one attached hydrogen (secondary N) is 3. The van der Waals surface area contributed by atoms with Crippen molar-refractivity contribution in [1.82, 2.24) is 29.4 Å². The third-order valence-corrected chi connectivity index (χ3v) is 6.83. The zero-order valence-corrected chi connectivity index (χ0v) is 16.7. The van der Waals surface area contributed by atoms with E-state index in [1.54, 1.807) is 18.2 Å². The molecule has 13 heteroatoms. The van der Waals surface area contributed by atoms with Gasteiger partial charge >= 0.3 is 5.69 Å². The maximum absolute atomic E-state index is 12.9. The molecule has 0 saturated carbocycles. The molecular formula is C17H18N6O6S. The molecule has 3 N–H and O–H groups in total. The van der Waals surface area contributed by atoms with Crippen LogP contribution in [-0.4, -0.2) is 69.9 Å². The van der Waals surface area contributed by atoms with Crippen LogP contribution < -0.4 is 11.2 Å². The average molecular weight is 434 g/mol. The molecule has 4 rings (SSSR count). The van der Waals surface area contributed by atoms with Crippen LogP contribution in [0.1, 0.15) is 16.2 Å². The molecule has 1 fully saturated rings. The van der Waals surface area contributed by atoms with Crippen molar-refractivity contribution in [3.63, 3.8) is 0 Å². The highest BCUT2D eigenvalue weighted by molar-refractivity contribution is 7.89. The number of hydrogen-bond donors (Lipinski definition) is 3. The molecule has 0 spiro atoms. The van der Waals surface area contributed by atoms with Gasteiger partial charge in [0.2, 0.25) is 10.0 Å². The predicted molar refractivity (Wildman–Crippen MR) is 103 cm³/mol. The number of amides is 1. The van der Waals surface area contributed by atoms with Gasteiger partial charge in [-0.25, -0.2) is 13.2 Å². The second-order valence-corrected chi connectivity index (χ2v) is 8.58. The molecule has 158 valence electrons. The van der Waals surface area contributed by atoms with Crippen molar-refractivity contribution in [2.75, 3.05) is 26.2 Å². The van der Waals surface area contributed by atoms with Crippen LogP contribution in [0.5, 0.6) is 0 Å².